The third kappa shape index (κ3) is 3.07. The van der Waals surface area contributed by atoms with Crippen LogP contribution < -0.4 is 10.2 Å². The van der Waals surface area contributed by atoms with Gasteiger partial charge in [0.15, 0.2) is 0 Å². The molecular formula is C15H23FN2O. The van der Waals surface area contributed by atoms with Crippen molar-refractivity contribution in [1.82, 2.24) is 5.32 Å². The van der Waals surface area contributed by atoms with Gasteiger partial charge in [-0.3, -0.25) is 0 Å². The molecule has 1 heterocycles. The molecule has 2 atom stereocenters. The predicted octanol–water partition coefficient (Wildman–Crippen LogP) is 2.46. The summed E-state index contributed by atoms with van der Waals surface area (Å²) >= 11 is 0. The lowest BCUT2D eigenvalue weighted by Gasteiger charge is -2.39. The lowest BCUT2D eigenvalue weighted by molar-refractivity contribution is 0.0448. The van der Waals surface area contributed by atoms with E-state index in [0.717, 1.165) is 25.1 Å². The minimum absolute atomic E-state index is 0.0527. The van der Waals surface area contributed by atoms with E-state index in [2.05, 4.69) is 10.2 Å². The summed E-state index contributed by atoms with van der Waals surface area (Å²) < 4.78 is 14.1. The van der Waals surface area contributed by atoms with E-state index in [0.29, 0.717) is 12.1 Å². The van der Waals surface area contributed by atoms with Crippen LogP contribution >= 0.6 is 0 Å². The van der Waals surface area contributed by atoms with Gasteiger partial charge in [-0.15, -0.1) is 0 Å². The van der Waals surface area contributed by atoms with Crippen LogP contribution in [0.5, 0.6) is 0 Å². The molecule has 1 aromatic rings. The molecule has 1 aromatic carbocycles. The Bertz CT molecular complexity index is 448. The fourth-order valence-electron chi connectivity index (χ4n) is 2.80. The van der Waals surface area contributed by atoms with E-state index in [1.807, 2.05) is 27.0 Å². The van der Waals surface area contributed by atoms with Crippen molar-refractivity contribution in [3.8, 4) is 0 Å². The second-order valence-electron chi connectivity index (χ2n) is 5.71. The number of piperidine rings is 1. The normalized spacial score (nSPS) is 25.4. The van der Waals surface area contributed by atoms with Crippen molar-refractivity contribution < 1.29 is 9.50 Å². The average molecular weight is 266 g/mol. The second-order valence-corrected chi connectivity index (χ2v) is 5.71. The van der Waals surface area contributed by atoms with Crippen molar-refractivity contribution in [1.29, 1.82) is 0 Å². The molecule has 2 N–H and O–H groups in total. The van der Waals surface area contributed by atoms with Crippen LogP contribution in [0.15, 0.2) is 18.2 Å². The van der Waals surface area contributed by atoms with Gasteiger partial charge in [-0.2, -0.15) is 0 Å². The summed E-state index contributed by atoms with van der Waals surface area (Å²) in [5, 5.41) is 13.3. The first-order valence-corrected chi connectivity index (χ1v) is 6.87. The molecule has 1 aliphatic heterocycles. The molecule has 0 aliphatic carbocycles. The van der Waals surface area contributed by atoms with Crippen LogP contribution in [0.25, 0.3) is 0 Å². The summed E-state index contributed by atoms with van der Waals surface area (Å²) in [6.45, 7) is 5.21. The summed E-state index contributed by atoms with van der Waals surface area (Å²) in [7, 11) is 1.83. The van der Waals surface area contributed by atoms with Gasteiger partial charge < -0.3 is 15.3 Å². The summed E-state index contributed by atoms with van der Waals surface area (Å²) in [5.41, 5.74) is 0.884. The molecule has 2 unspecified atom stereocenters. The minimum atomic E-state index is -0.690. The second kappa shape index (κ2) is 5.47. The van der Waals surface area contributed by atoms with E-state index < -0.39 is 5.60 Å². The molecule has 1 aliphatic rings. The average Bonchev–Trinajstić information content (AvgIpc) is 2.36. The molecule has 0 amide bonds. The SMILES string of the molecule is CNC(C)c1c(F)cccc1N1CCCC(C)(O)C1. The zero-order valence-electron chi connectivity index (χ0n) is 11.9. The molecule has 1 fully saturated rings. The smallest absolute Gasteiger partial charge is 0.130 e. The highest BCUT2D eigenvalue weighted by atomic mass is 19.1. The van der Waals surface area contributed by atoms with Crippen LogP contribution in [0, 0.1) is 5.82 Å². The molecule has 0 bridgehead atoms. The number of halogens is 1. The number of nitrogens with one attached hydrogen (secondary N) is 1. The Kier molecular flexibility index (Phi) is 4.11. The van der Waals surface area contributed by atoms with E-state index >= 15 is 0 Å². The molecule has 0 radical (unpaired) electrons. The van der Waals surface area contributed by atoms with Gasteiger partial charge in [0.1, 0.15) is 5.82 Å². The van der Waals surface area contributed by atoms with Gasteiger partial charge in [0.2, 0.25) is 0 Å². The minimum Gasteiger partial charge on any atom is -0.388 e. The van der Waals surface area contributed by atoms with E-state index in [4.69, 9.17) is 0 Å². The van der Waals surface area contributed by atoms with Crippen molar-refractivity contribution in [2.45, 2.75) is 38.3 Å². The van der Waals surface area contributed by atoms with Gasteiger partial charge in [-0.25, -0.2) is 4.39 Å². The summed E-state index contributed by atoms with van der Waals surface area (Å²) in [4.78, 5) is 2.09. The van der Waals surface area contributed by atoms with Crippen LogP contribution in [0.2, 0.25) is 0 Å². The quantitative estimate of drug-likeness (QED) is 0.882. The number of hydrogen-bond acceptors (Lipinski definition) is 3. The Labute approximate surface area is 114 Å². The van der Waals surface area contributed by atoms with Gasteiger partial charge in [0.25, 0.3) is 0 Å². The number of aliphatic hydroxyl groups is 1. The van der Waals surface area contributed by atoms with Crippen molar-refractivity contribution >= 4 is 5.69 Å². The molecule has 0 saturated carbocycles. The fourth-order valence-corrected chi connectivity index (χ4v) is 2.80. The number of nitrogens with zero attached hydrogens (tertiary/aromatic N) is 1. The maximum atomic E-state index is 14.1. The van der Waals surface area contributed by atoms with Gasteiger partial charge >= 0.3 is 0 Å². The molecular weight excluding hydrogens is 243 g/mol. The van der Waals surface area contributed by atoms with E-state index in [1.165, 1.54) is 6.07 Å². The zero-order chi connectivity index (χ0) is 14.0. The van der Waals surface area contributed by atoms with Crippen LogP contribution in [0.3, 0.4) is 0 Å². The van der Waals surface area contributed by atoms with Crippen molar-refractivity contribution in [2.75, 3.05) is 25.0 Å². The third-order valence-corrected chi connectivity index (χ3v) is 3.91. The number of hydrogen-bond donors (Lipinski definition) is 2. The lowest BCUT2D eigenvalue weighted by Crippen LogP contribution is -2.46. The van der Waals surface area contributed by atoms with E-state index in [-0.39, 0.29) is 11.9 Å². The van der Waals surface area contributed by atoms with Crippen molar-refractivity contribution in [3.05, 3.63) is 29.6 Å². The molecule has 3 nitrogen and oxygen atoms in total. The molecule has 2 rings (SSSR count). The zero-order valence-corrected chi connectivity index (χ0v) is 11.9. The maximum absolute atomic E-state index is 14.1. The van der Waals surface area contributed by atoms with E-state index in [9.17, 15) is 9.50 Å². The van der Waals surface area contributed by atoms with Crippen LogP contribution in [0.4, 0.5) is 10.1 Å². The standard InChI is InChI=1S/C15H23FN2O/c1-11(17-3)14-12(16)6-4-7-13(14)18-9-5-8-15(2,19)10-18/h4,6-7,11,17,19H,5,8-10H2,1-3H3. The first-order valence-electron chi connectivity index (χ1n) is 6.87. The summed E-state index contributed by atoms with van der Waals surface area (Å²) in [6.07, 6.45) is 1.73. The van der Waals surface area contributed by atoms with Crippen LogP contribution in [-0.2, 0) is 0 Å². The van der Waals surface area contributed by atoms with Crippen molar-refractivity contribution in [2.24, 2.45) is 0 Å². The molecule has 0 spiro atoms. The number of benzene rings is 1. The molecule has 0 aromatic heterocycles. The third-order valence-electron chi connectivity index (χ3n) is 3.91. The highest BCUT2D eigenvalue weighted by Gasteiger charge is 2.30. The van der Waals surface area contributed by atoms with Gasteiger partial charge in [-0.05, 0) is 45.9 Å². The molecule has 4 heteroatoms. The molecule has 1 saturated heterocycles. The van der Waals surface area contributed by atoms with Crippen LogP contribution in [-0.4, -0.2) is 30.8 Å². The highest BCUT2D eigenvalue weighted by molar-refractivity contribution is 5.56. The largest absolute Gasteiger partial charge is 0.388 e. The molecule has 106 valence electrons. The first kappa shape index (κ1) is 14.3. The van der Waals surface area contributed by atoms with Gasteiger partial charge in [0, 0.05) is 30.4 Å². The topological polar surface area (TPSA) is 35.5 Å². The molecule has 19 heavy (non-hydrogen) atoms. The predicted molar refractivity (Wildman–Crippen MR) is 75.9 cm³/mol. The Morgan fingerprint density at radius 3 is 2.84 bits per heavy atom. The maximum Gasteiger partial charge on any atom is 0.130 e. The van der Waals surface area contributed by atoms with E-state index in [1.54, 1.807) is 6.07 Å². The number of anilines is 1. The summed E-state index contributed by atoms with van der Waals surface area (Å²) in [5.74, 6) is -0.190. The Hall–Kier alpha value is -1.13. The highest BCUT2D eigenvalue weighted by Crippen LogP contribution is 2.32. The lowest BCUT2D eigenvalue weighted by atomic mass is 9.93. The number of rotatable bonds is 3. The Morgan fingerprint density at radius 1 is 1.47 bits per heavy atom. The van der Waals surface area contributed by atoms with Crippen molar-refractivity contribution in [3.63, 3.8) is 0 Å². The van der Waals surface area contributed by atoms with Gasteiger partial charge in [0.05, 0.1) is 5.60 Å². The number of β-amino-alcohol motifs (C(OH)–C–C–N with tert-alkyl or cyclic N) is 1. The fraction of sp³-hybridized carbons (Fsp3) is 0.600. The Morgan fingerprint density at radius 2 is 2.21 bits per heavy atom. The first-order chi connectivity index (χ1) is 8.94. The monoisotopic (exact) mass is 266 g/mol. The Balaban J connectivity index is 2.36. The van der Waals surface area contributed by atoms with Crippen LogP contribution in [0.1, 0.15) is 38.3 Å². The summed E-state index contributed by atoms with van der Waals surface area (Å²) in [6, 6.07) is 5.12. The van der Waals surface area contributed by atoms with Gasteiger partial charge in [-0.1, -0.05) is 6.07 Å².